The topological polar surface area (TPSA) is 80.3 Å². The van der Waals surface area contributed by atoms with Crippen LogP contribution in [-0.4, -0.2) is 16.8 Å². The van der Waals surface area contributed by atoms with Crippen molar-refractivity contribution in [2.24, 2.45) is 0 Å². The van der Waals surface area contributed by atoms with E-state index in [0.717, 1.165) is 5.56 Å². The minimum absolute atomic E-state index is 0.124. The summed E-state index contributed by atoms with van der Waals surface area (Å²) in [4.78, 5) is 29.1. The molecule has 0 saturated heterocycles. The third-order valence-electron chi connectivity index (χ3n) is 3.82. The maximum atomic E-state index is 12.4. The van der Waals surface area contributed by atoms with Crippen LogP contribution in [0.4, 0.5) is 0 Å². The quantitative estimate of drug-likeness (QED) is 0.548. The zero-order valence-corrected chi connectivity index (χ0v) is 17.7. The van der Waals surface area contributed by atoms with Crippen LogP contribution in [0.5, 0.6) is 5.75 Å². The molecule has 1 aromatic heterocycles. The summed E-state index contributed by atoms with van der Waals surface area (Å²) in [5, 5.41) is 1.87. The third kappa shape index (κ3) is 6.19. The van der Waals surface area contributed by atoms with Gasteiger partial charge in [0.25, 0.3) is 5.91 Å². The Balaban J connectivity index is 1.51. The van der Waals surface area contributed by atoms with E-state index in [-0.39, 0.29) is 18.9 Å². The first-order chi connectivity index (χ1) is 13.9. The van der Waals surface area contributed by atoms with Gasteiger partial charge in [0.05, 0.1) is 12.1 Å². The van der Waals surface area contributed by atoms with E-state index in [2.05, 4.69) is 15.8 Å². The number of ether oxygens (including phenoxy) is 1. The van der Waals surface area contributed by atoms with E-state index < -0.39 is 5.91 Å². The Morgan fingerprint density at radius 1 is 1.00 bits per heavy atom. The van der Waals surface area contributed by atoms with Gasteiger partial charge in [-0.05, 0) is 48.9 Å². The Morgan fingerprint density at radius 3 is 2.28 bits per heavy atom. The lowest BCUT2D eigenvalue weighted by Crippen LogP contribution is -2.42. The van der Waals surface area contributed by atoms with Gasteiger partial charge in [0.1, 0.15) is 22.2 Å². The highest BCUT2D eigenvalue weighted by atomic mass is 35.5. The average molecular weight is 450 g/mol. The van der Waals surface area contributed by atoms with E-state index in [0.29, 0.717) is 31.4 Å². The molecule has 0 aliphatic rings. The van der Waals surface area contributed by atoms with Crippen molar-refractivity contribution in [1.82, 2.24) is 15.8 Å². The molecule has 0 atom stereocenters. The molecule has 6 nitrogen and oxygen atoms in total. The van der Waals surface area contributed by atoms with Gasteiger partial charge in [-0.2, -0.15) is 0 Å². The number of nitrogens with zero attached hydrogens (tertiary/aromatic N) is 1. The fourth-order valence-corrected chi connectivity index (χ4v) is 3.54. The van der Waals surface area contributed by atoms with Crippen molar-refractivity contribution in [3.05, 3.63) is 79.7 Å². The van der Waals surface area contributed by atoms with Gasteiger partial charge in [-0.15, -0.1) is 11.3 Å². The lowest BCUT2D eigenvalue weighted by Gasteiger charge is -2.07. The molecule has 0 fully saturated rings. The van der Waals surface area contributed by atoms with Crippen LogP contribution in [0.15, 0.2) is 48.5 Å². The molecule has 0 aliphatic carbocycles. The number of thiazole rings is 1. The van der Waals surface area contributed by atoms with Crippen molar-refractivity contribution in [3.8, 4) is 5.75 Å². The molecular weight excluding hydrogens is 433 g/mol. The molecule has 1 heterocycles. The highest BCUT2D eigenvalue weighted by molar-refractivity contribution is 7.13. The molecule has 0 bridgehead atoms. The summed E-state index contributed by atoms with van der Waals surface area (Å²) in [7, 11) is 0. The van der Waals surface area contributed by atoms with Crippen molar-refractivity contribution in [1.29, 1.82) is 0 Å². The van der Waals surface area contributed by atoms with Gasteiger partial charge in [-0.1, -0.05) is 35.3 Å². The largest absolute Gasteiger partial charge is 0.486 e. The second-order valence-electron chi connectivity index (χ2n) is 6.07. The van der Waals surface area contributed by atoms with Gasteiger partial charge >= 0.3 is 0 Å². The third-order valence-corrected chi connectivity index (χ3v) is 5.45. The summed E-state index contributed by atoms with van der Waals surface area (Å²) in [5.41, 5.74) is 6.17. The minimum atomic E-state index is -0.429. The van der Waals surface area contributed by atoms with Crippen LogP contribution in [0.1, 0.15) is 25.9 Å². The summed E-state index contributed by atoms with van der Waals surface area (Å²) in [5.74, 6) is -0.112. The highest BCUT2D eigenvalue weighted by Gasteiger charge is 2.16. The molecule has 0 spiro atoms. The van der Waals surface area contributed by atoms with Crippen molar-refractivity contribution in [2.75, 3.05) is 0 Å². The number of hydrazine groups is 1. The van der Waals surface area contributed by atoms with Gasteiger partial charge < -0.3 is 4.74 Å². The second kappa shape index (κ2) is 9.73. The number of aryl methyl sites for hydroxylation is 1. The highest BCUT2D eigenvalue weighted by Crippen LogP contribution is 2.21. The molecule has 2 amide bonds. The van der Waals surface area contributed by atoms with Crippen LogP contribution >= 0.6 is 34.5 Å². The molecule has 0 unspecified atom stereocenters. The number of hydrogen-bond donors (Lipinski definition) is 2. The molecular formula is C20H17Cl2N3O3S. The molecule has 0 radical (unpaired) electrons. The number of amides is 2. The maximum Gasteiger partial charge on any atom is 0.281 e. The molecule has 9 heteroatoms. The molecule has 0 saturated carbocycles. The van der Waals surface area contributed by atoms with E-state index in [9.17, 15) is 9.59 Å². The van der Waals surface area contributed by atoms with Crippen LogP contribution in [0.25, 0.3) is 0 Å². The van der Waals surface area contributed by atoms with Gasteiger partial charge in [0.2, 0.25) is 5.91 Å². The number of nitrogens with one attached hydrogen (secondary N) is 2. The average Bonchev–Trinajstić information content (AvgIpc) is 3.08. The Morgan fingerprint density at radius 2 is 1.62 bits per heavy atom. The van der Waals surface area contributed by atoms with E-state index in [4.69, 9.17) is 27.9 Å². The number of carbonyl (C=O) groups is 2. The normalized spacial score (nSPS) is 10.4. The first-order valence-electron chi connectivity index (χ1n) is 8.59. The fourth-order valence-electron chi connectivity index (χ4n) is 2.42. The molecule has 150 valence electrons. The fraction of sp³-hybridized carbons (Fsp3) is 0.150. The van der Waals surface area contributed by atoms with E-state index in [1.165, 1.54) is 11.3 Å². The lowest BCUT2D eigenvalue weighted by molar-refractivity contribution is -0.121. The van der Waals surface area contributed by atoms with Crippen LogP contribution in [0, 0.1) is 6.92 Å². The van der Waals surface area contributed by atoms with Gasteiger partial charge in [0, 0.05) is 10.0 Å². The first-order valence-corrected chi connectivity index (χ1v) is 10.2. The Labute approximate surface area is 181 Å². The number of aromatic nitrogens is 1. The lowest BCUT2D eigenvalue weighted by atomic mass is 10.1. The Bertz CT molecular complexity index is 1000. The Kier molecular flexibility index (Phi) is 7.09. The molecule has 29 heavy (non-hydrogen) atoms. The van der Waals surface area contributed by atoms with Crippen LogP contribution < -0.4 is 15.6 Å². The number of halogens is 2. The number of benzene rings is 2. The predicted molar refractivity (Wildman–Crippen MR) is 113 cm³/mol. The molecule has 0 aliphatic heterocycles. The van der Waals surface area contributed by atoms with Crippen molar-refractivity contribution in [3.63, 3.8) is 0 Å². The van der Waals surface area contributed by atoms with E-state index in [1.807, 2.05) is 0 Å². The number of rotatable bonds is 6. The van der Waals surface area contributed by atoms with Gasteiger partial charge in [-0.25, -0.2) is 4.98 Å². The van der Waals surface area contributed by atoms with Crippen molar-refractivity contribution >= 4 is 46.4 Å². The molecule has 2 aromatic carbocycles. The van der Waals surface area contributed by atoms with Crippen LogP contribution in [0.3, 0.4) is 0 Å². The SMILES string of the molecule is Cc1nc(COc2ccc(Cl)cc2)sc1C(=O)NNC(=O)Cc1ccc(Cl)cc1. The van der Waals surface area contributed by atoms with Gasteiger partial charge in [-0.3, -0.25) is 20.4 Å². The Hall–Kier alpha value is -2.61. The van der Waals surface area contributed by atoms with Crippen molar-refractivity contribution < 1.29 is 14.3 Å². The minimum Gasteiger partial charge on any atom is -0.486 e. The maximum absolute atomic E-state index is 12.4. The summed E-state index contributed by atoms with van der Waals surface area (Å²) < 4.78 is 5.65. The van der Waals surface area contributed by atoms with Crippen LogP contribution in [-0.2, 0) is 17.8 Å². The predicted octanol–water partition coefficient (Wildman–Crippen LogP) is 4.34. The van der Waals surface area contributed by atoms with E-state index in [1.54, 1.807) is 55.5 Å². The summed E-state index contributed by atoms with van der Waals surface area (Å²) >= 11 is 12.9. The number of carbonyl (C=O) groups excluding carboxylic acids is 2. The molecule has 3 aromatic rings. The zero-order valence-electron chi connectivity index (χ0n) is 15.4. The monoisotopic (exact) mass is 449 g/mol. The van der Waals surface area contributed by atoms with Crippen molar-refractivity contribution in [2.45, 2.75) is 20.0 Å². The van der Waals surface area contributed by atoms with Crippen LogP contribution in [0.2, 0.25) is 10.0 Å². The summed E-state index contributed by atoms with van der Waals surface area (Å²) in [6, 6.07) is 13.9. The zero-order chi connectivity index (χ0) is 20.8. The standard InChI is InChI=1S/C20H17Cl2N3O3S/c1-12-19(29-18(23-12)11-28-16-8-6-15(22)7-9-16)20(27)25-24-17(26)10-13-2-4-14(21)5-3-13/h2-9H,10-11H2,1H3,(H,24,26)(H,25,27). The first kappa shape index (κ1) is 21.1. The smallest absolute Gasteiger partial charge is 0.281 e. The second-order valence-corrected chi connectivity index (χ2v) is 8.03. The number of hydrogen-bond acceptors (Lipinski definition) is 5. The molecule has 3 rings (SSSR count). The van der Waals surface area contributed by atoms with Gasteiger partial charge in [0.15, 0.2) is 0 Å². The summed E-state index contributed by atoms with van der Waals surface area (Å²) in [6.07, 6.45) is 0.124. The summed E-state index contributed by atoms with van der Waals surface area (Å²) in [6.45, 7) is 1.95. The van der Waals surface area contributed by atoms with E-state index >= 15 is 0 Å². The molecule has 2 N–H and O–H groups in total.